The molecule has 2 aromatic rings. The van der Waals surface area contributed by atoms with Gasteiger partial charge in [-0.25, -0.2) is 0 Å². The summed E-state index contributed by atoms with van der Waals surface area (Å²) in [6.45, 7) is 5.13. The Bertz CT molecular complexity index is 687. The number of halogens is 3. The fraction of sp³-hybridized carbons (Fsp3) is 0.375. The third-order valence-corrected chi connectivity index (χ3v) is 3.63. The van der Waals surface area contributed by atoms with Gasteiger partial charge in [0.25, 0.3) is 0 Å². The van der Waals surface area contributed by atoms with E-state index in [4.69, 9.17) is 0 Å². The number of aromatic amines is 1. The Morgan fingerprint density at radius 1 is 1.30 bits per heavy atom. The van der Waals surface area contributed by atoms with Crippen LogP contribution in [0.25, 0.3) is 0 Å². The van der Waals surface area contributed by atoms with Crippen LogP contribution < -0.4 is 5.32 Å². The maximum absolute atomic E-state index is 13.3. The van der Waals surface area contributed by atoms with Gasteiger partial charge in [-0.3, -0.25) is 9.89 Å². The number of nitrogens with one attached hydrogen (secondary N) is 2. The van der Waals surface area contributed by atoms with Gasteiger partial charge in [0.05, 0.1) is 12.1 Å². The smallest absolute Gasteiger partial charge is 0.341 e. The van der Waals surface area contributed by atoms with E-state index in [9.17, 15) is 18.0 Å². The third kappa shape index (κ3) is 4.12. The molecule has 2 rings (SSSR count). The molecular formula is C16H18F3N3O. The lowest BCUT2D eigenvalue weighted by molar-refractivity contribution is -0.163. The fourth-order valence-corrected chi connectivity index (χ4v) is 2.41. The summed E-state index contributed by atoms with van der Waals surface area (Å²) in [6, 6.07) is 4.01. The number of alkyl halides is 3. The van der Waals surface area contributed by atoms with Crippen molar-refractivity contribution in [2.24, 2.45) is 0 Å². The lowest BCUT2D eigenvalue weighted by Gasteiger charge is -2.22. The maximum Gasteiger partial charge on any atom is 0.412 e. The molecule has 1 heterocycles. The van der Waals surface area contributed by atoms with E-state index in [0.29, 0.717) is 22.5 Å². The van der Waals surface area contributed by atoms with Crippen molar-refractivity contribution in [3.05, 3.63) is 52.3 Å². The van der Waals surface area contributed by atoms with E-state index >= 15 is 0 Å². The lowest BCUT2D eigenvalue weighted by Crippen LogP contribution is -2.39. The van der Waals surface area contributed by atoms with Gasteiger partial charge in [-0.1, -0.05) is 29.8 Å². The number of H-pyrrole nitrogens is 1. The van der Waals surface area contributed by atoms with Gasteiger partial charge in [-0.15, -0.1) is 0 Å². The molecule has 0 aliphatic carbocycles. The molecule has 0 bridgehead atoms. The first-order chi connectivity index (χ1) is 10.7. The number of aromatic nitrogens is 2. The SMILES string of the molecule is Cc1cccc([C@H](NC(=O)Cc2c(C)n[nH]c2C)C(F)(F)F)c1. The number of hydrogen-bond donors (Lipinski definition) is 2. The second-order valence-corrected chi connectivity index (χ2v) is 5.55. The van der Waals surface area contributed by atoms with Gasteiger partial charge in [0, 0.05) is 11.3 Å². The van der Waals surface area contributed by atoms with Crippen LogP contribution in [-0.2, 0) is 11.2 Å². The first-order valence-corrected chi connectivity index (χ1v) is 7.11. The first-order valence-electron chi connectivity index (χ1n) is 7.11. The van der Waals surface area contributed by atoms with Crippen molar-refractivity contribution >= 4 is 5.91 Å². The monoisotopic (exact) mass is 325 g/mol. The minimum Gasteiger partial charge on any atom is -0.341 e. The van der Waals surface area contributed by atoms with E-state index in [-0.39, 0.29) is 12.0 Å². The van der Waals surface area contributed by atoms with E-state index in [2.05, 4.69) is 15.5 Å². The van der Waals surface area contributed by atoms with Crippen molar-refractivity contribution in [2.45, 2.75) is 39.4 Å². The zero-order valence-electron chi connectivity index (χ0n) is 13.1. The summed E-state index contributed by atoms with van der Waals surface area (Å²) in [5.41, 5.74) is 2.63. The fourth-order valence-electron chi connectivity index (χ4n) is 2.41. The molecule has 0 aliphatic rings. The second kappa shape index (κ2) is 6.44. The van der Waals surface area contributed by atoms with E-state index in [0.717, 1.165) is 0 Å². The predicted octanol–water partition coefficient (Wildman–Crippen LogP) is 3.30. The van der Waals surface area contributed by atoms with Crippen LogP contribution in [0.15, 0.2) is 24.3 Å². The minimum atomic E-state index is -4.57. The Balaban J connectivity index is 2.20. The Labute approximate surface area is 132 Å². The average Bonchev–Trinajstić information content (AvgIpc) is 2.75. The quantitative estimate of drug-likeness (QED) is 0.906. The molecule has 1 aromatic heterocycles. The number of hydrogen-bond acceptors (Lipinski definition) is 2. The van der Waals surface area contributed by atoms with E-state index in [1.807, 2.05) is 0 Å². The normalized spacial score (nSPS) is 13.0. The Morgan fingerprint density at radius 2 is 2.00 bits per heavy atom. The molecule has 1 amide bonds. The van der Waals surface area contributed by atoms with Crippen LogP contribution in [0.4, 0.5) is 13.2 Å². The molecule has 2 N–H and O–H groups in total. The van der Waals surface area contributed by atoms with E-state index in [1.165, 1.54) is 12.1 Å². The number of aryl methyl sites for hydroxylation is 3. The Morgan fingerprint density at radius 3 is 2.52 bits per heavy atom. The van der Waals surface area contributed by atoms with Gasteiger partial charge in [0.15, 0.2) is 6.04 Å². The number of carbonyl (C=O) groups excluding carboxylic acids is 1. The molecule has 23 heavy (non-hydrogen) atoms. The summed E-state index contributed by atoms with van der Waals surface area (Å²) in [5.74, 6) is -0.693. The van der Waals surface area contributed by atoms with Gasteiger partial charge in [0.1, 0.15) is 0 Å². The Hall–Kier alpha value is -2.31. The highest BCUT2D eigenvalue weighted by molar-refractivity contribution is 5.79. The van der Waals surface area contributed by atoms with Gasteiger partial charge < -0.3 is 5.32 Å². The summed E-state index contributed by atoms with van der Waals surface area (Å²) in [5, 5.41) is 8.74. The molecular weight excluding hydrogens is 307 g/mol. The standard InChI is InChI=1S/C16H18F3N3O/c1-9-5-4-6-12(7-9)15(16(17,18)19)20-14(23)8-13-10(2)21-22-11(13)3/h4-7,15H,8H2,1-3H3,(H,20,23)(H,21,22)/t15-/m0/s1. The zero-order chi connectivity index (χ0) is 17.2. The minimum absolute atomic E-state index is 0.0199. The van der Waals surface area contributed by atoms with Crippen LogP contribution >= 0.6 is 0 Å². The van der Waals surface area contributed by atoms with Crippen molar-refractivity contribution in [1.29, 1.82) is 0 Å². The van der Waals surface area contributed by atoms with Crippen molar-refractivity contribution in [3.63, 3.8) is 0 Å². The molecule has 0 aliphatic heterocycles. The summed E-state index contributed by atoms with van der Waals surface area (Å²) in [6.07, 6.45) is -4.71. The molecule has 0 saturated carbocycles. The topological polar surface area (TPSA) is 57.8 Å². The molecule has 4 nitrogen and oxygen atoms in total. The summed E-state index contributed by atoms with van der Waals surface area (Å²) in [7, 11) is 0. The largest absolute Gasteiger partial charge is 0.412 e. The molecule has 0 radical (unpaired) electrons. The molecule has 0 saturated heterocycles. The van der Waals surface area contributed by atoms with Gasteiger partial charge in [-0.05, 0) is 26.3 Å². The number of benzene rings is 1. The van der Waals surface area contributed by atoms with Crippen molar-refractivity contribution in [3.8, 4) is 0 Å². The summed E-state index contributed by atoms with van der Waals surface area (Å²) >= 11 is 0. The first kappa shape index (κ1) is 17.1. The summed E-state index contributed by atoms with van der Waals surface area (Å²) < 4.78 is 39.9. The highest BCUT2D eigenvalue weighted by atomic mass is 19.4. The van der Waals surface area contributed by atoms with Gasteiger partial charge >= 0.3 is 6.18 Å². The van der Waals surface area contributed by atoms with Crippen LogP contribution in [0.5, 0.6) is 0 Å². The molecule has 0 fully saturated rings. The number of rotatable bonds is 4. The van der Waals surface area contributed by atoms with Crippen molar-refractivity contribution in [1.82, 2.24) is 15.5 Å². The highest BCUT2D eigenvalue weighted by Crippen LogP contribution is 2.33. The zero-order valence-corrected chi connectivity index (χ0v) is 13.1. The molecule has 7 heteroatoms. The molecule has 1 aromatic carbocycles. The molecule has 0 unspecified atom stereocenters. The van der Waals surface area contributed by atoms with Gasteiger partial charge in [-0.2, -0.15) is 18.3 Å². The number of nitrogens with zero attached hydrogens (tertiary/aromatic N) is 1. The van der Waals surface area contributed by atoms with Gasteiger partial charge in [0.2, 0.25) is 5.91 Å². The van der Waals surface area contributed by atoms with Crippen LogP contribution in [0.1, 0.15) is 34.1 Å². The third-order valence-electron chi connectivity index (χ3n) is 3.63. The lowest BCUT2D eigenvalue weighted by atomic mass is 10.0. The van der Waals surface area contributed by atoms with Crippen molar-refractivity contribution in [2.75, 3.05) is 0 Å². The molecule has 0 spiro atoms. The average molecular weight is 325 g/mol. The maximum atomic E-state index is 13.3. The van der Waals surface area contributed by atoms with E-state index in [1.54, 1.807) is 32.9 Å². The van der Waals surface area contributed by atoms with E-state index < -0.39 is 18.1 Å². The summed E-state index contributed by atoms with van der Waals surface area (Å²) in [4.78, 5) is 12.1. The van der Waals surface area contributed by atoms with Crippen LogP contribution in [0.3, 0.4) is 0 Å². The molecule has 1 atom stereocenters. The predicted molar refractivity (Wildman–Crippen MR) is 79.9 cm³/mol. The number of carbonyl (C=O) groups is 1. The van der Waals surface area contributed by atoms with Crippen LogP contribution in [0.2, 0.25) is 0 Å². The number of amides is 1. The van der Waals surface area contributed by atoms with Crippen LogP contribution in [-0.4, -0.2) is 22.3 Å². The Kier molecular flexibility index (Phi) is 4.77. The van der Waals surface area contributed by atoms with Crippen LogP contribution in [0, 0.1) is 20.8 Å². The second-order valence-electron chi connectivity index (χ2n) is 5.55. The van der Waals surface area contributed by atoms with Crippen molar-refractivity contribution < 1.29 is 18.0 Å². The highest BCUT2D eigenvalue weighted by Gasteiger charge is 2.41. The molecule has 124 valence electrons.